The van der Waals surface area contributed by atoms with Gasteiger partial charge < -0.3 is 15.5 Å². The monoisotopic (exact) mass is 423 g/mol. The third kappa shape index (κ3) is 5.68. The number of hydrogen-bond donors (Lipinski definition) is 1. The number of aryl methyl sites for hydroxylation is 1. The molecule has 1 aliphatic heterocycles. The molecule has 6 nitrogen and oxygen atoms in total. The van der Waals surface area contributed by atoms with Crippen LogP contribution in [0.4, 0.5) is 5.13 Å². The van der Waals surface area contributed by atoms with E-state index in [1.165, 1.54) is 30.8 Å². The first kappa shape index (κ1) is 23.4. The molecule has 0 spiro atoms. The number of amides is 1. The summed E-state index contributed by atoms with van der Waals surface area (Å²) in [5.74, 6) is 1.12. The normalized spacial score (nSPS) is 19.9. The van der Waals surface area contributed by atoms with E-state index in [9.17, 15) is 4.79 Å². The van der Waals surface area contributed by atoms with Crippen molar-refractivity contribution < 1.29 is 4.79 Å². The van der Waals surface area contributed by atoms with Gasteiger partial charge in [0.1, 0.15) is 5.82 Å². The summed E-state index contributed by atoms with van der Waals surface area (Å²) in [6, 6.07) is 0. The molecule has 1 aliphatic carbocycles. The molecule has 0 aromatic carbocycles. The van der Waals surface area contributed by atoms with E-state index in [-0.39, 0.29) is 36.1 Å². The van der Waals surface area contributed by atoms with Crippen LogP contribution in [-0.2, 0) is 4.79 Å². The van der Waals surface area contributed by atoms with Gasteiger partial charge in [-0.25, -0.2) is 4.98 Å². The topological polar surface area (TPSA) is 75.4 Å². The van der Waals surface area contributed by atoms with Crippen molar-refractivity contribution in [2.45, 2.75) is 51.9 Å². The molecule has 9 heteroatoms. The average Bonchev–Trinajstić information content (AvgIpc) is 2.88. The van der Waals surface area contributed by atoms with E-state index in [2.05, 4.69) is 14.3 Å². The fourth-order valence-corrected chi connectivity index (χ4v) is 4.69. The molecule has 1 saturated carbocycles. The molecule has 1 aromatic heterocycles. The van der Waals surface area contributed by atoms with E-state index in [0.717, 1.165) is 56.4 Å². The van der Waals surface area contributed by atoms with Crippen LogP contribution in [0.3, 0.4) is 0 Å². The molecule has 1 aromatic rings. The predicted molar refractivity (Wildman–Crippen MR) is 112 cm³/mol. The van der Waals surface area contributed by atoms with Gasteiger partial charge in [0.05, 0.1) is 0 Å². The highest BCUT2D eigenvalue weighted by molar-refractivity contribution is 7.09. The van der Waals surface area contributed by atoms with Crippen LogP contribution in [0.5, 0.6) is 0 Å². The first-order chi connectivity index (χ1) is 11.6. The molecule has 0 radical (unpaired) electrons. The number of anilines is 1. The van der Waals surface area contributed by atoms with E-state index in [4.69, 9.17) is 5.73 Å². The number of nitrogens with two attached hydrogens (primary N) is 1. The van der Waals surface area contributed by atoms with Crippen LogP contribution in [0.25, 0.3) is 0 Å². The molecular weight excluding hydrogens is 393 g/mol. The van der Waals surface area contributed by atoms with Crippen molar-refractivity contribution >= 4 is 47.4 Å². The molecule has 2 heterocycles. The standard InChI is InChI=1S/C17H29N5OS.2ClH/c1-14-19-16(24-20-14)22-9-5-8-21(10-11-22)15(23)12-17(13-18)6-3-2-4-7-17;;/h2-13,18H2,1H3;2*1H. The van der Waals surface area contributed by atoms with Gasteiger partial charge in [0.15, 0.2) is 0 Å². The van der Waals surface area contributed by atoms with E-state index < -0.39 is 0 Å². The highest BCUT2D eigenvalue weighted by Crippen LogP contribution is 2.38. The third-order valence-electron chi connectivity index (χ3n) is 5.51. The number of rotatable bonds is 4. The maximum Gasteiger partial charge on any atom is 0.223 e. The minimum Gasteiger partial charge on any atom is -0.345 e. The lowest BCUT2D eigenvalue weighted by atomic mass is 9.71. The zero-order valence-electron chi connectivity index (χ0n) is 15.5. The largest absolute Gasteiger partial charge is 0.345 e. The Bertz CT molecular complexity index is 565. The summed E-state index contributed by atoms with van der Waals surface area (Å²) >= 11 is 1.45. The van der Waals surface area contributed by atoms with E-state index in [0.29, 0.717) is 13.0 Å². The van der Waals surface area contributed by atoms with Crippen LogP contribution in [0.1, 0.15) is 50.8 Å². The second kappa shape index (κ2) is 10.6. The lowest BCUT2D eigenvalue weighted by molar-refractivity contribution is -0.134. The van der Waals surface area contributed by atoms with E-state index in [1.54, 1.807) is 0 Å². The third-order valence-corrected chi connectivity index (χ3v) is 6.38. The molecule has 2 N–H and O–H groups in total. The summed E-state index contributed by atoms with van der Waals surface area (Å²) in [7, 11) is 0. The summed E-state index contributed by atoms with van der Waals surface area (Å²) < 4.78 is 4.27. The molecule has 1 saturated heterocycles. The first-order valence-electron chi connectivity index (χ1n) is 9.15. The van der Waals surface area contributed by atoms with Gasteiger partial charge in [0.2, 0.25) is 11.0 Å². The van der Waals surface area contributed by atoms with Gasteiger partial charge in [-0.05, 0) is 38.1 Å². The zero-order chi connectivity index (χ0) is 17.0. The lowest BCUT2D eigenvalue weighted by Gasteiger charge is -2.37. The molecule has 0 unspecified atom stereocenters. The van der Waals surface area contributed by atoms with Crippen molar-refractivity contribution in [3.05, 3.63) is 5.82 Å². The van der Waals surface area contributed by atoms with Crippen molar-refractivity contribution in [1.29, 1.82) is 0 Å². The summed E-state index contributed by atoms with van der Waals surface area (Å²) in [4.78, 5) is 21.6. The molecule has 2 fully saturated rings. The number of nitrogens with zero attached hydrogens (tertiary/aromatic N) is 4. The summed E-state index contributed by atoms with van der Waals surface area (Å²) in [5, 5.41) is 0.979. The molecule has 1 amide bonds. The average molecular weight is 424 g/mol. The minimum atomic E-state index is 0. The van der Waals surface area contributed by atoms with Crippen molar-refractivity contribution in [2.24, 2.45) is 11.1 Å². The van der Waals surface area contributed by atoms with Gasteiger partial charge in [0, 0.05) is 44.1 Å². The molecule has 26 heavy (non-hydrogen) atoms. The van der Waals surface area contributed by atoms with Crippen LogP contribution in [-0.4, -0.2) is 52.9 Å². The Morgan fingerprint density at radius 3 is 2.46 bits per heavy atom. The molecule has 3 rings (SSSR count). The van der Waals surface area contributed by atoms with Crippen molar-refractivity contribution in [2.75, 3.05) is 37.6 Å². The smallest absolute Gasteiger partial charge is 0.223 e. The van der Waals surface area contributed by atoms with Gasteiger partial charge in [-0.3, -0.25) is 4.79 Å². The summed E-state index contributed by atoms with van der Waals surface area (Å²) in [5.41, 5.74) is 6.11. The molecular formula is C17H31Cl2N5OS. The number of halogens is 2. The highest BCUT2D eigenvalue weighted by atomic mass is 35.5. The minimum absolute atomic E-state index is 0. The lowest BCUT2D eigenvalue weighted by Crippen LogP contribution is -2.42. The van der Waals surface area contributed by atoms with Crippen LogP contribution < -0.4 is 10.6 Å². The number of carbonyl (C=O) groups is 1. The van der Waals surface area contributed by atoms with Gasteiger partial charge >= 0.3 is 0 Å². The molecule has 2 aliphatic rings. The summed E-state index contributed by atoms with van der Waals surface area (Å²) in [6.07, 6.45) is 7.55. The summed E-state index contributed by atoms with van der Waals surface area (Å²) in [6.45, 7) is 5.97. The number of aromatic nitrogens is 2. The second-order valence-electron chi connectivity index (χ2n) is 7.29. The number of hydrogen-bond acceptors (Lipinski definition) is 6. The Morgan fingerprint density at radius 2 is 1.85 bits per heavy atom. The Morgan fingerprint density at radius 1 is 1.12 bits per heavy atom. The highest BCUT2D eigenvalue weighted by Gasteiger charge is 2.34. The molecule has 0 atom stereocenters. The molecule has 150 valence electrons. The quantitative estimate of drug-likeness (QED) is 0.804. The van der Waals surface area contributed by atoms with Crippen LogP contribution in [0, 0.1) is 12.3 Å². The van der Waals surface area contributed by atoms with Gasteiger partial charge in [0.25, 0.3) is 0 Å². The van der Waals surface area contributed by atoms with Crippen molar-refractivity contribution in [1.82, 2.24) is 14.3 Å². The number of carbonyl (C=O) groups excluding carboxylic acids is 1. The molecule has 0 bridgehead atoms. The fourth-order valence-electron chi connectivity index (χ4n) is 3.96. The van der Waals surface area contributed by atoms with Crippen LogP contribution in [0.15, 0.2) is 0 Å². The Labute approximate surface area is 172 Å². The maximum absolute atomic E-state index is 12.9. The predicted octanol–water partition coefficient (Wildman–Crippen LogP) is 3.03. The fraction of sp³-hybridized carbons (Fsp3) is 0.824. The van der Waals surface area contributed by atoms with Crippen LogP contribution >= 0.6 is 36.3 Å². The zero-order valence-corrected chi connectivity index (χ0v) is 17.9. The maximum atomic E-state index is 12.9. The van der Waals surface area contributed by atoms with Gasteiger partial charge in [-0.2, -0.15) is 4.37 Å². The van der Waals surface area contributed by atoms with Crippen molar-refractivity contribution in [3.63, 3.8) is 0 Å². The second-order valence-corrected chi connectivity index (χ2v) is 8.02. The Hall–Kier alpha value is -0.630. The Balaban J connectivity index is 0.00000169. The Kier molecular flexibility index (Phi) is 9.58. The first-order valence-corrected chi connectivity index (χ1v) is 9.92. The van der Waals surface area contributed by atoms with E-state index >= 15 is 0 Å². The SMILES string of the molecule is Cc1nsc(N2CCCN(C(=O)CC3(CN)CCCCC3)CC2)n1.Cl.Cl. The van der Waals surface area contributed by atoms with Crippen LogP contribution in [0.2, 0.25) is 0 Å². The van der Waals surface area contributed by atoms with E-state index in [1.807, 2.05) is 11.8 Å². The van der Waals surface area contributed by atoms with Gasteiger partial charge in [-0.1, -0.05) is 19.3 Å². The van der Waals surface area contributed by atoms with Crippen molar-refractivity contribution in [3.8, 4) is 0 Å². The van der Waals surface area contributed by atoms with Gasteiger partial charge in [-0.15, -0.1) is 24.8 Å².